The minimum absolute atomic E-state index is 0. The van der Waals surface area contributed by atoms with Crippen molar-refractivity contribution in [3.8, 4) is 62.1 Å². The van der Waals surface area contributed by atoms with Gasteiger partial charge < -0.3 is 13.9 Å². The molecule has 81 heavy (non-hydrogen) atoms. The Bertz CT molecular complexity index is 5950. The van der Waals surface area contributed by atoms with Gasteiger partial charge in [-0.1, -0.05) is 219 Å². The fourth-order valence-electron chi connectivity index (χ4n) is 10.2. The summed E-state index contributed by atoms with van der Waals surface area (Å²) in [6.07, 6.45) is -18.3. The minimum Gasteiger partial charge on any atom is -0.509 e. The Hall–Kier alpha value is -7.33. The van der Waals surface area contributed by atoms with Crippen molar-refractivity contribution in [3.05, 3.63) is 222 Å². The first-order chi connectivity index (χ1) is 55.4. The molecule has 8 aromatic carbocycles. The van der Waals surface area contributed by atoms with Crippen molar-refractivity contribution in [1.82, 2.24) is 14.1 Å². The van der Waals surface area contributed by atoms with Crippen LogP contribution in [0.5, 0.6) is 11.5 Å². The molecule has 3 aromatic heterocycles. The standard InChI is InChI=1S/C75H72N4O.Pt/c1-12-75(11)40-39-74(9,10)63-43-51(33-35-61(63)75)56-28-21-27-55(50-32-34-60-62(42-50)73(7,8)38-37-72(60,5)6)70(56)78-48-77(65-30-18-19-31-66(65)78)53-24-20-25-54(45-53)80-68-47-67-59(46-58(68)49-22-14-13-15-23-49)57-26-16-17-29-64(57)79(67)69-44-52(36-41-76-69)71(2,3)4;/h13-36,41-44,46H,12,37-40H2,1-11H3;/q-2;/i5D3,6D3,7D3,8D3,9D3,10D3,11D3,12D2,13D,14D,15D,22D,23D,32D,33D,34D,35D,37D2,38D2,39D2,40D2,42D,43D;. The molecule has 11 aromatic rings. The third kappa shape index (κ3) is 9.29. The molecule has 13 rings (SSSR count). The maximum Gasteiger partial charge on any atom is 0.268 e. The van der Waals surface area contributed by atoms with E-state index < -0.39 is 224 Å². The van der Waals surface area contributed by atoms with Crippen molar-refractivity contribution in [2.45, 2.75) is 135 Å². The van der Waals surface area contributed by atoms with Crippen molar-refractivity contribution in [2.75, 3.05) is 0 Å². The van der Waals surface area contributed by atoms with Crippen molar-refractivity contribution in [1.29, 1.82) is 0 Å². The number of hydrogen-bond acceptors (Lipinski definition) is 2. The van der Waals surface area contributed by atoms with Gasteiger partial charge in [-0.3, -0.25) is 4.57 Å². The number of rotatable bonds is 9. The fourth-order valence-corrected chi connectivity index (χ4v) is 10.2. The van der Waals surface area contributed by atoms with Crippen LogP contribution in [0.3, 0.4) is 0 Å². The zero-order valence-electron chi connectivity index (χ0n) is 85.4. The molecule has 410 valence electrons. The first-order valence-corrected chi connectivity index (χ1v) is 25.1. The molecule has 1 unspecified atom stereocenters. The van der Waals surface area contributed by atoms with Gasteiger partial charge >= 0.3 is 0 Å². The minimum atomic E-state index is -4.89. The van der Waals surface area contributed by atoms with E-state index in [0.717, 1.165) is 28.3 Å². The van der Waals surface area contributed by atoms with Crippen molar-refractivity contribution < 1.29 is 87.9 Å². The molecule has 0 bridgehead atoms. The Morgan fingerprint density at radius 3 is 2.01 bits per heavy atom. The Morgan fingerprint density at radius 2 is 1.31 bits per heavy atom. The van der Waals surface area contributed by atoms with Crippen LogP contribution in [0.25, 0.3) is 83.4 Å². The summed E-state index contributed by atoms with van der Waals surface area (Å²) in [4.78, 5) is 4.76. The Kier molecular flexibility index (Phi) is 5.98. The monoisotopic (exact) mass is 1280 g/mol. The Balaban J connectivity index is 0.0000138. The molecule has 0 spiro atoms. The van der Waals surface area contributed by atoms with E-state index in [4.69, 9.17) is 42.6 Å². The number of hydrogen-bond donors (Lipinski definition) is 0. The summed E-state index contributed by atoms with van der Waals surface area (Å²) in [5.41, 5.74) is -31.1. The van der Waals surface area contributed by atoms with Crippen LogP contribution in [0.1, 0.15) is 193 Å². The number of aromatic nitrogens is 4. The zero-order valence-corrected chi connectivity index (χ0v) is 45.7. The summed E-state index contributed by atoms with van der Waals surface area (Å²) in [6, 6.07) is 17.0. The predicted octanol–water partition coefficient (Wildman–Crippen LogP) is 19.0. The van der Waals surface area contributed by atoms with Gasteiger partial charge in [0, 0.05) is 86.8 Å². The molecule has 0 saturated heterocycles. The van der Waals surface area contributed by atoms with Crippen molar-refractivity contribution >= 4 is 32.8 Å². The van der Waals surface area contributed by atoms with E-state index in [2.05, 4.69) is 18.5 Å². The maximum atomic E-state index is 10.5. The van der Waals surface area contributed by atoms with Crippen LogP contribution in [0, 0.1) is 18.5 Å². The van der Waals surface area contributed by atoms with E-state index in [-0.39, 0.29) is 60.4 Å². The third-order valence-corrected chi connectivity index (χ3v) is 14.2. The van der Waals surface area contributed by atoms with Gasteiger partial charge in [0.25, 0.3) is 6.33 Å². The molecular formula is C75H72N4OPt-2. The van der Waals surface area contributed by atoms with Gasteiger partial charge in [-0.25, -0.2) is 4.98 Å². The van der Waals surface area contributed by atoms with Gasteiger partial charge in [0.1, 0.15) is 5.82 Å². The van der Waals surface area contributed by atoms with E-state index in [9.17, 15) is 24.7 Å². The van der Waals surface area contributed by atoms with Crippen LogP contribution in [-0.2, 0) is 48.1 Å². The number of para-hydroxylation sites is 4. The maximum absolute atomic E-state index is 10.5. The number of imidazole rings is 1. The van der Waals surface area contributed by atoms with E-state index >= 15 is 0 Å². The molecule has 0 saturated carbocycles. The molecular weight excluding hydrogens is 1170 g/mol. The molecule has 6 heteroatoms. The first-order valence-electron chi connectivity index (χ1n) is 46.1. The Labute approximate surface area is 553 Å². The quantitative estimate of drug-likeness (QED) is 0.107. The van der Waals surface area contributed by atoms with Crippen LogP contribution >= 0.6 is 0 Å². The van der Waals surface area contributed by atoms with Crippen molar-refractivity contribution in [3.63, 3.8) is 0 Å². The molecule has 0 N–H and O–H groups in total. The number of benzene rings is 8. The summed E-state index contributed by atoms with van der Waals surface area (Å²) in [7, 11) is 0. The second kappa shape index (κ2) is 20.0. The summed E-state index contributed by atoms with van der Waals surface area (Å²) in [6.45, 7) is -25.5. The van der Waals surface area contributed by atoms with Gasteiger partial charge in [0.15, 0.2) is 0 Å². The summed E-state index contributed by atoms with van der Waals surface area (Å²) in [5, 5.41) is 1.03. The largest absolute Gasteiger partial charge is 0.509 e. The van der Waals surface area contributed by atoms with Crippen LogP contribution in [-0.4, -0.2) is 14.1 Å². The second-order valence-electron chi connectivity index (χ2n) is 20.5. The predicted molar refractivity (Wildman–Crippen MR) is 330 cm³/mol. The first kappa shape index (κ1) is 24.2. The van der Waals surface area contributed by atoms with Crippen LogP contribution in [0.4, 0.5) is 0 Å². The molecule has 0 radical (unpaired) electrons. The van der Waals surface area contributed by atoms with Gasteiger partial charge in [-0.15, -0.1) is 23.6 Å². The normalized spacial score (nSPS) is 28.5. The second-order valence-corrected chi connectivity index (χ2v) is 20.5. The van der Waals surface area contributed by atoms with Crippen LogP contribution < -0.4 is 9.30 Å². The average Bonchev–Trinajstić information content (AvgIpc) is 0.950. The molecule has 1 atom stereocenters. The molecule has 0 aliphatic heterocycles. The zero-order chi connectivity index (χ0) is 91.5. The van der Waals surface area contributed by atoms with Crippen molar-refractivity contribution in [2.24, 2.45) is 0 Å². The van der Waals surface area contributed by atoms with Crippen LogP contribution in [0.15, 0.2) is 176 Å². The molecule has 0 amide bonds. The number of pyridine rings is 1. The molecule has 2 aliphatic carbocycles. The van der Waals surface area contributed by atoms with Gasteiger partial charge in [-0.2, -0.15) is 18.2 Å². The number of ether oxygens (including phenoxy) is 1. The van der Waals surface area contributed by atoms with Gasteiger partial charge in [0.05, 0.1) is 31.8 Å². The fraction of sp³-hybridized carbons (Fsp3) is 0.280. The smallest absolute Gasteiger partial charge is 0.268 e. The Morgan fingerprint density at radius 1 is 0.654 bits per heavy atom. The van der Waals surface area contributed by atoms with E-state index in [1.165, 1.54) is 47.0 Å². The average molecular weight is 1280 g/mol. The van der Waals surface area contributed by atoms with Gasteiger partial charge in [-0.05, 0) is 138 Å². The SMILES string of the molecule is [2H]c1c([2H])c([2H])c(-c2cc3c4ccccc4n(-c4cc(C(C)(C)C)ccn4)c3[c-]c2Oc2[c-]c(-n3[c-][n+](-c4c(-c5c([2H])c([2H])c6c(c5[2H])C(C([2H])([2H])[2H])(C([2H])([2H])[2H])C([2H])([2H])C([2H])([2H])C6(C([2H])([2H])[2H])C([2H])([2H])[2H])cccc4-c4c([2H])c([2H])c5c(c4[2H])C(C([2H])([2H])[2H])(C([2H])([2H])[2H])C([2H])([2H])C([2H])([2H])C5(C([2H])([2H])[2H])C([2H])([2H])C)c4ccccc43)ccc2)c([2H])c1[2H].[Pt]. The number of nitrogens with zero attached hydrogens (tertiary/aromatic N) is 4. The summed E-state index contributed by atoms with van der Waals surface area (Å²) < 4.78 is 403. The number of fused-ring (bicyclic) bond motifs is 6. The third-order valence-electron chi connectivity index (χ3n) is 14.2. The van der Waals surface area contributed by atoms with Gasteiger partial charge in [0.2, 0.25) is 0 Å². The van der Waals surface area contributed by atoms with E-state index in [0.29, 0.717) is 34.5 Å². The molecule has 5 nitrogen and oxygen atoms in total. The van der Waals surface area contributed by atoms with E-state index in [1.54, 1.807) is 41.1 Å². The molecule has 2 aliphatic rings. The molecule has 0 fully saturated rings. The topological polar surface area (TPSA) is 35.9 Å². The molecule has 3 heterocycles. The van der Waals surface area contributed by atoms with Crippen LogP contribution in [0.2, 0.25) is 0 Å². The summed E-state index contributed by atoms with van der Waals surface area (Å²) >= 11 is 0. The van der Waals surface area contributed by atoms with E-state index in [1.807, 2.05) is 32.9 Å². The summed E-state index contributed by atoms with van der Waals surface area (Å²) in [5.74, 6) is -0.164.